The van der Waals surface area contributed by atoms with Crippen LogP contribution in [0.4, 0.5) is 0 Å². The van der Waals surface area contributed by atoms with Crippen molar-refractivity contribution in [3.63, 3.8) is 0 Å². The largest absolute Gasteiger partial charge is 0.468 e. The van der Waals surface area contributed by atoms with Crippen LogP contribution < -0.4 is 5.32 Å². The summed E-state index contributed by atoms with van der Waals surface area (Å²) >= 11 is 0. The van der Waals surface area contributed by atoms with E-state index in [2.05, 4.69) is 25.2 Å². The number of ether oxygens (including phenoxy) is 2. The standard InChI is InChI=1S/C32H44N2O6/c1-20(2)26-17-27-32(31(37)38-4,29(40-26)23-11-12-23)18-24(16-28(35)33-19-25-13-10-21(3)39-25)30(36)34(27)15-14-22-8-6-5-7-9-22/h8,10,13,17,20,23-24,26,29H,5-7,9,11-12,14-16,18-19H2,1-4H3,(H,33,35)/t24-,26-,29-,32-/m0/s1. The van der Waals surface area contributed by atoms with E-state index in [0.717, 1.165) is 43.6 Å². The number of amides is 2. The van der Waals surface area contributed by atoms with Gasteiger partial charge in [-0.3, -0.25) is 14.4 Å². The molecule has 0 aromatic carbocycles. The molecule has 2 amide bonds. The van der Waals surface area contributed by atoms with Crippen LogP contribution in [0, 0.1) is 30.1 Å². The highest BCUT2D eigenvalue weighted by Crippen LogP contribution is 2.56. The van der Waals surface area contributed by atoms with Gasteiger partial charge >= 0.3 is 5.97 Å². The van der Waals surface area contributed by atoms with E-state index in [4.69, 9.17) is 13.9 Å². The number of carbonyl (C=O) groups excluding carboxylic acids is 3. The molecule has 0 bridgehead atoms. The number of nitrogens with one attached hydrogen (secondary N) is 1. The summed E-state index contributed by atoms with van der Waals surface area (Å²) in [5.74, 6) is 0.498. The second-order valence-corrected chi connectivity index (χ2v) is 12.4. The summed E-state index contributed by atoms with van der Waals surface area (Å²) < 4.78 is 17.7. The van der Waals surface area contributed by atoms with Crippen molar-refractivity contribution in [3.05, 3.63) is 47.1 Å². The minimum Gasteiger partial charge on any atom is -0.468 e. The molecule has 0 radical (unpaired) electrons. The van der Waals surface area contributed by atoms with Gasteiger partial charge in [0.2, 0.25) is 11.8 Å². The summed E-state index contributed by atoms with van der Waals surface area (Å²) in [6.07, 6.45) is 11.1. The lowest BCUT2D eigenvalue weighted by atomic mass is 9.64. The van der Waals surface area contributed by atoms with E-state index < -0.39 is 11.3 Å². The Labute approximate surface area is 237 Å². The quantitative estimate of drug-likeness (QED) is 0.316. The zero-order chi connectivity index (χ0) is 28.4. The van der Waals surface area contributed by atoms with Crippen molar-refractivity contribution in [3.8, 4) is 0 Å². The van der Waals surface area contributed by atoms with Gasteiger partial charge in [-0.1, -0.05) is 25.5 Å². The van der Waals surface area contributed by atoms with Crippen molar-refractivity contribution in [1.82, 2.24) is 10.2 Å². The lowest BCUT2D eigenvalue weighted by Gasteiger charge is -2.53. The molecule has 2 aliphatic heterocycles. The fourth-order valence-electron chi connectivity index (χ4n) is 6.73. The molecule has 0 unspecified atom stereocenters. The minimum absolute atomic E-state index is 0.00522. The van der Waals surface area contributed by atoms with Crippen molar-refractivity contribution in [2.75, 3.05) is 13.7 Å². The number of aryl methyl sites for hydroxylation is 1. The van der Waals surface area contributed by atoms with Gasteiger partial charge in [0.05, 0.1) is 25.9 Å². The highest BCUT2D eigenvalue weighted by atomic mass is 16.5. The molecule has 4 atom stereocenters. The van der Waals surface area contributed by atoms with Gasteiger partial charge in [-0.2, -0.15) is 0 Å². The second-order valence-electron chi connectivity index (χ2n) is 12.4. The Bertz CT molecular complexity index is 1180. The number of hydrogen-bond acceptors (Lipinski definition) is 6. The van der Waals surface area contributed by atoms with Crippen LogP contribution in [0.15, 0.2) is 40.0 Å². The third-order valence-corrected chi connectivity index (χ3v) is 9.03. The molecule has 1 saturated heterocycles. The summed E-state index contributed by atoms with van der Waals surface area (Å²) in [4.78, 5) is 42.9. The van der Waals surface area contributed by atoms with E-state index in [0.29, 0.717) is 12.3 Å². The lowest BCUT2D eigenvalue weighted by molar-refractivity contribution is -0.182. The topological polar surface area (TPSA) is 98.1 Å². The van der Waals surface area contributed by atoms with Crippen molar-refractivity contribution < 1.29 is 28.3 Å². The Morgan fingerprint density at radius 2 is 2.02 bits per heavy atom. The average molecular weight is 553 g/mol. The molecule has 218 valence electrons. The molecule has 8 nitrogen and oxygen atoms in total. The van der Waals surface area contributed by atoms with Crippen LogP contribution in [0.2, 0.25) is 0 Å². The van der Waals surface area contributed by atoms with Crippen LogP contribution in [0.1, 0.15) is 83.2 Å². The smallest absolute Gasteiger partial charge is 0.320 e. The third-order valence-electron chi connectivity index (χ3n) is 9.03. The predicted octanol–water partition coefficient (Wildman–Crippen LogP) is 5.21. The fourth-order valence-corrected chi connectivity index (χ4v) is 6.73. The molecular formula is C32H44N2O6. The SMILES string of the molecule is COC(=O)[C@@]12C[C@H](CC(=O)NCc3ccc(C)o3)C(=O)N(CCC3=CCCCC3)C1=C[C@@H](C(C)C)O[C@H]2C1CC1. The van der Waals surface area contributed by atoms with Gasteiger partial charge in [-0.05, 0) is 88.3 Å². The summed E-state index contributed by atoms with van der Waals surface area (Å²) in [6, 6.07) is 3.68. The summed E-state index contributed by atoms with van der Waals surface area (Å²) in [5, 5.41) is 2.90. The average Bonchev–Trinajstić information content (AvgIpc) is 3.71. The monoisotopic (exact) mass is 552 g/mol. The van der Waals surface area contributed by atoms with Gasteiger partial charge in [0, 0.05) is 24.6 Å². The van der Waals surface area contributed by atoms with Crippen molar-refractivity contribution in [2.45, 2.75) is 97.3 Å². The predicted molar refractivity (Wildman–Crippen MR) is 150 cm³/mol. The number of methoxy groups -OCH3 is 1. The Morgan fingerprint density at radius 3 is 2.65 bits per heavy atom. The van der Waals surface area contributed by atoms with Crippen LogP contribution in [0.5, 0.6) is 0 Å². The summed E-state index contributed by atoms with van der Waals surface area (Å²) in [6.45, 7) is 6.80. The molecule has 1 aromatic heterocycles. The van der Waals surface area contributed by atoms with Crippen LogP contribution in [-0.4, -0.2) is 48.5 Å². The highest BCUT2D eigenvalue weighted by molar-refractivity contribution is 5.92. The van der Waals surface area contributed by atoms with Crippen molar-refractivity contribution in [2.24, 2.45) is 23.2 Å². The molecule has 5 rings (SSSR count). The maximum absolute atomic E-state index is 14.2. The molecule has 3 heterocycles. The Hall–Kier alpha value is -2.87. The Morgan fingerprint density at radius 1 is 1.23 bits per heavy atom. The Kier molecular flexibility index (Phi) is 8.55. The second kappa shape index (κ2) is 11.9. The zero-order valence-corrected chi connectivity index (χ0v) is 24.4. The van der Waals surface area contributed by atoms with Crippen molar-refractivity contribution >= 4 is 17.8 Å². The molecular weight excluding hydrogens is 508 g/mol. The summed E-state index contributed by atoms with van der Waals surface area (Å²) in [5.41, 5.74) is 0.979. The first-order valence-corrected chi connectivity index (χ1v) is 15.0. The van der Waals surface area contributed by atoms with Crippen LogP contribution in [0.3, 0.4) is 0 Å². The third kappa shape index (κ3) is 5.78. The molecule has 4 aliphatic rings. The van der Waals surface area contributed by atoms with Crippen LogP contribution in [0.25, 0.3) is 0 Å². The molecule has 1 N–H and O–H groups in total. The Balaban J connectivity index is 1.47. The van der Waals surface area contributed by atoms with Gasteiger partial charge in [0.15, 0.2) is 0 Å². The van der Waals surface area contributed by atoms with E-state index >= 15 is 0 Å². The number of nitrogens with zero attached hydrogens (tertiary/aromatic N) is 1. The number of likely N-dealkylation sites (tertiary alicyclic amines) is 1. The molecule has 8 heteroatoms. The normalized spacial score (nSPS) is 28.6. The van der Waals surface area contributed by atoms with E-state index in [1.54, 1.807) is 0 Å². The fraction of sp³-hybridized carbons (Fsp3) is 0.656. The van der Waals surface area contributed by atoms with E-state index in [-0.39, 0.29) is 61.2 Å². The van der Waals surface area contributed by atoms with Crippen molar-refractivity contribution in [1.29, 1.82) is 0 Å². The number of esters is 1. The highest BCUT2D eigenvalue weighted by Gasteiger charge is 2.63. The van der Waals surface area contributed by atoms with Gasteiger partial charge in [-0.15, -0.1) is 0 Å². The number of furan rings is 1. The maximum atomic E-state index is 14.2. The first kappa shape index (κ1) is 28.7. The molecule has 1 aromatic rings. The first-order valence-electron chi connectivity index (χ1n) is 15.0. The van der Waals surface area contributed by atoms with E-state index in [1.807, 2.05) is 30.0 Å². The number of carbonyl (C=O) groups is 3. The lowest BCUT2D eigenvalue weighted by Crippen LogP contribution is -2.62. The van der Waals surface area contributed by atoms with Gasteiger partial charge < -0.3 is 24.1 Å². The first-order chi connectivity index (χ1) is 19.2. The molecule has 0 spiro atoms. The molecule has 40 heavy (non-hydrogen) atoms. The molecule has 2 fully saturated rings. The van der Waals surface area contributed by atoms with Crippen LogP contribution >= 0.6 is 0 Å². The molecule has 1 saturated carbocycles. The summed E-state index contributed by atoms with van der Waals surface area (Å²) in [7, 11) is 1.41. The number of allylic oxidation sites excluding steroid dienone is 1. The number of hydrogen-bond donors (Lipinski definition) is 1. The number of fused-ring (bicyclic) bond motifs is 1. The van der Waals surface area contributed by atoms with Gasteiger partial charge in [0.1, 0.15) is 16.9 Å². The minimum atomic E-state index is -1.11. The number of rotatable bonds is 10. The van der Waals surface area contributed by atoms with Gasteiger partial charge in [-0.25, -0.2) is 0 Å². The van der Waals surface area contributed by atoms with Gasteiger partial charge in [0.25, 0.3) is 0 Å². The zero-order valence-electron chi connectivity index (χ0n) is 24.4. The molecule has 2 aliphatic carbocycles. The maximum Gasteiger partial charge on any atom is 0.320 e. The van der Waals surface area contributed by atoms with Crippen LogP contribution in [-0.2, 0) is 30.4 Å². The van der Waals surface area contributed by atoms with E-state index in [9.17, 15) is 14.4 Å². The van der Waals surface area contributed by atoms with E-state index in [1.165, 1.54) is 25.5 Å². The number of piperidine rings is 1.